The zero-order valence-corrected chi connectivity index (χ0v) is 21.1. The number of nitrogens with one attached hydrogen (secondary N) is 1. The predicted octanol–water partition coefficient (Wildman–Crippen LogP) is 6.42. The average Bonchev–Trinajstić information content (AvgIpc) is 2.84. The normalized spacial score (nSPS) is 22.2. The highest BCUT2D eigenvalue weighted by molar-refractivity contribution is 5.98. The summed E-state index contributed by atoms with van der Waals surface area (Å²) < 4.78 is 14.0. The number of carbonyl (C=O) groups is 2. The molecule has 2 aromatic rings. The zero-order valence-electron chi connectivity index (χ0n) is 21.1. The number of allylic oxidation sites excluding steroid dienone is 3. The number of aryl methyl sites for hydroxylation is 1. The van der Waals surface area contributed by atoms with Gasteiger partial charge < -0.3 is 10.2 Å². The number of halogens is 1. The summed E-state index contributed by atoms with van der Waals surface area (Å²) >= 11 is 0. The highest BCUT2D eigenvalue weighted by atomic mass is 19.1. The first-order chi connectivity index (χ1) is 16.6. The highest BCUT2D eigenvalue weighted by Crippen LogP contribution is 2.35. The Balaban J connectivity index is 1.64. The molecule has 1 heterocycles. The minimum atomic E-state index is -0.430. The van der Waals surface area contributed by atoms with Crippen molar-refractivity contribution in [3.05, 3.63) is 89.3 Å². The number of anilines is 1. The number of benzene rings is 2. The second-order valence-corrected chi connectivity index (χ2v) is 10.7. The number of nitrogens with zero attached hydrogens (tertiary/aromatic N) is 1. The van der Waals surface area contributed by atoms with Gasteiger partial charge >= 0.3 is 0 Å². The van der Waals surface area contributed by atoms with Crippen LogP contribution in [-0.4, -0.2) is 29.3 Å². The van der Waals surface area contributed by atoms with Gasteiger partial charge in [0, 0.05) is 23.7 Å². The standard InChI is InChI=1S/C30H35FN2O2/c1-20-15-16-23(31)19-26(20)29(35)33-17-9-14-25(27(33)21-10-6-5-7-11-21)28(34)32-24-13-8-12-22(18-24)30(2,3)4/h5-8,10,12-13,15-16,18-19,21,25,27H,9,11,14,17H2,1-4H3,(H,32,34)/t21?,25?,27-/m0/s1. The monoisotopic (exact) mass is 474 g/mol. The molecule has 35 heavy (non-hydrogen) atoms. The van der Waals surface area contributed by atoms with Crippen molar-refractivity contribution in [2.75, 3.05) is 11.9 Å². The van der Waals surface area contributed by atoms with Crippen molar-refractivity contribution in [2.24, 2.45) is 11.8 Å². The first-order valence-electron chi connectivity index (χ1n) is 12.5. The number of rotatable bonds is 4. The van der Waals surface area contributed by atoms with Crippen molar-refractivity contribution in [1.29, 1.82) is 0 Å². The summed E-state index contributed by atoms with van der Waals surface area (Å²) in [4.78, 5) is 29.2. The van der Waals surface area contributed by atoms with Crippen molar-refractivity contribution >= 4 is 17.5 Å². The van der Waals surface area contributed by atoms with Crippen molar-refractivity contribution < 1.29 is 14.0 Å². The van der Waals surface area contributed by atoms with E-state index in [1.54, 1.807) is 6.07 Å². The van der Waals surface area contributed by atoms with Crippen LogP contribution in [0.4, 0.5) is 10.1 Å². The topological polar surface area (TPSA) is 49.4 Å². The van der Waals surface area contributed by atoms with E-state index < -0.39 is 5.82 Å². The lowest BCUT2D eigenvalue weighted by molar-refractivity contribution is -0.123. The Kier molecular flexibility index (Phi) is 7.25. The van der Waals surface area contributed by atoms with E-state index >= 15 is 0 Å². The van der Waals surface area contributed by atoms with Gasteiger partial charge in [-0.1, -0.05) is 63.3 Å². The number of hydrogen-bond donors (Lipinski definition) is 1. The summed E-state index contributed by atoms with van der Waals surface area (Å²) in [5.74, 6) is -1.04. The number of hydrogen-bond acceptors (Lipinski definition) is 2. The van der Waals surface area contributed by atoms with Gasteiger partial charge in [-0.3, -0.25) is 9.59 Å². The van der Waals surface area contributed by atoms with Crippen LogP contribution in [0.15, 0.2) is 66.8 Å². The second kappa shape index (κ2) is 10.2. The van der Waals surface area contributed by atoms with Crippen LogP contribution in [0, 0.1) is 24.6 Å². The van der Waals surface area contributed by atoms with Gasteiger partial charge in [0.1, 0.15) is 5.82 Å². The SMILES string of the molecule is Cc1ccc(F)cc1C(=O)N1CCCC(C(=O)Nc2cccc(C(C)(C)C)c2)[C@@H]1C1C=CC=CC1. The van der Waals surface area contributed by atoms with Crippen LogP contribution in [-0.2, 0) is 10.2 Å². The molecule has 2 aromatic carbocycles. The van der Waals surface area contributed by atoms with E-state index in [1.165, 1.54) is 12.1 Å². The summed E-state index contributed by atoms with van der Waals surface area (Å²) in [5.41, 5.74) is 2.99. The quantitative estimate of drug-likeness (QED) is 0.556. The largest absolute Gasteiger partial charge is 0.334 e. The lowest BCUT2D eigenvalue weighted by Gasteiger charge is -2.44. The summed E-state index contributed by atoms with van der Waals surface area (Å²) in [5, 5.41) is 3.13. The summed E-state index contributed by atoms with van der Waals surface area (Å²) in [6.07, 6.45) is 10.3. The van der Waals surface area contributed by atoms with Crippen LogP contribution >= 0.6 is 0 Å². The fraction of sp³-hybridized carbons (Fsp3) is 0.400. The van der Waals surface area contributed by atoms with E-state index in [4.69, 9.17) is 0 Å². The third-order valence-electron chi connectivity index (χ3n) is 7.16. The van der Waals surface area contributed by atoms with Gasteiger partial charge in [-0.2, -0.15) is 0 Å². The Morgan fingerprint density at radius 2 is 1.89 bits per heavy atom. The van der Waals surface area contributed by atoms with Gasteiger partial charge in [0.2, 0.25) is 5.91 Å². The highest BCUT2D eigenvalue weighted by Gasteiger charge is 2.42. The molecule has 1 fully saturated rings. The van der Waals surface area contributed by atoms with Crippen LogP contribution in [0.3, 0.4) is 0 Å². The van der Waals surface area contributed by atoms with Crippen LogP contribution < -0.4 is 5.32 Å². The Morgan fingerprint density at radius 3 is 2.60 bits per heavy atom. The molecular weight excluding hydrogens is 439 g/mol. The fourth-order valence-electron chi connectivity index (χ4n) is 5.20. The van der Waals surface area contributed by atoms with Gasteiger partial charge in [-0.25, -0.2) is 4.39 Å². The lowest BCUT2D eigenvalue weighted by Crippen LogP contribution is -2.55. The average molecular weight is 475 g/mol. The molecule has 1 aliphatic heterocycles. The van der Waals surface area contributed by atoms with Crippen LogP contribution in [0.1, 0.15) is 61.5 Å². The molecule has 5 heteroatoms. The summed E-state index contributed by atoms with van der Waals surface area (Å²) in [7, 11) is 0. The molecular formula is C30H35FN2O2. The molecule has 3 atom stereocenters. The molecule has 1 N–H and O–H groups in total. The van der Waals surface area contributed by atoms with Crippen LogP contribution in [0.2, 0.25) is 0 Å². The van der Waals surface area contributed by atoms with Crippen LogP contribution in [0.5, 0.6) is 0 Å². The molecule has 2 amide bonds. The molecule has 0 bridgehead atoms. The molecule has 2 unspecified atom stereocenters. The molecule has 4 rings (SSSR count). The third-order valence-corrected chi connectivity index (χ3v) is 7.16. The molecule has 0 spiro atoms. The number of carbonyl (C=O) groups excluding carboxylic acids is 2. The Bertz CT molecular complexity index is 1160. The van der Waals surface area contributed by atoms with E-state index in [0.717, 1.165) is 29.7 Å². The van der Waals surface area contributed by atoms with Gasteiger partial charge in [0.25, 0.3) is 5.91 Å². The lowest BCUT2D eigenvalue weighted by atomic mass is 9.77. The molecule has 184 valence electrons. The molecule has 1 saturated heterocycles. The maximum atomic E-state index is 14.0. The van der Waals surface area contributed by atoms with Crippen molar-refractivity contribution in [2.45, 2.75) is 58.4 Å². The number of likely N-dealkylation sites (tertiary alicyclic amines) is 1. The van der Waals surface area contributed by atoms with E-state index in [9.17, 15) is 14.0 Å². The molecule has 2 aliphatic rings. The third kappa shape index (κ3) is 5.55. The van der Waals surface area contributed by atoms with E-state index in [0.29, 0.717) is 18.5 Å². The van der Waals surface area contributed by atoms with Crippen LogP contribution in [0.25, 0.3) is 0 Å². The van der Waals surface area contributed by atoms with Crippen molar-refractivity contribution in [3.8, 4) is 0 Å². The van der Waals surface area contributed by atoms with E-state index in [2.05, 4.69) is 44.3 Å². The first-order valence-corrected chi connectivity index (χ1v) is 12.5. The van der Waals surface area contributed by atoms with Crippen molar-refractivity contribution in [1.82, 2.24) is 4.90 Å². The first kappa shape index (κ1) is 24.9. The Hall–Kier alpha value is -3.21. The Labute approximate surface area is 207 Å². The maximum absolute atomic E-state index is 14.0. The molecule has 0 radical (unpaired) electrons. The minimum Gasteiger partial charge on any atom is -0.334 e. The molecule has 1 aliphatic carbocycles. The molecule has 4 nitrogen and oxygen atoms in total. The van der Waals surface area contributed by atoms with E-state index in [-0.39, 0.29) is 35.1 Å². The maximum Gasteiger partial charge on any atom is 0.254 e. The zero-order chi connectivity index (χ0) is 25.2. The number of amides is 2. The van der Waals surface area contributed by atoms with E-state index in [1.807, 2.05) is 42.2 Å². The minimum absolute atomic E-state index is 0.0229. The molecule has 0 saturated carbocycles. The van der Waals surface area contributed by atoms with Gasteiger partial charge in [-0.05, 0) is 67.0 Å². The van der Waals surface area contributed by atoms with Gasteiger partial charge in [0.15, 0.2) is 0 Å². The summed E-state index contributed by atoms with van der Waals surface area (Å²) in [6, 6.07) is 12.0. The number of piperidine rings is 1. The van der Waals surface area contributed by atoms with Gasteiger partial charge in [0.05, 0.1) is 12.0 Å². The second-order valence-electron chi connectivity index (χ2n) is 10.7. The fourth-order valence-corrected chi connectivity index (χ4v) is 5.20. The molecule has 0 aromatic heterocycles. The Morgan fingerprint density at radius 1 is 1.09 bits per heavy atom. The van der Waals surface area contributed by atoms with Crippen molar-refractivity contribution in [3.63, 3.8) is 0 Å². The van der Waals surface area contributed by atoms with Gasteiger partial charge in [-0.15, -0.1) is 0 Å². The smallest absolute Gasteiger partial charge is 0.254 e. The summed E-state index contributed by atoms with van der Waals surface area (Å²) in [6.45, 7) is 8.81. The predicted molar refractivity (Wildman–Crippen MR) is 139 cm³/mol.